The van der Waals surface area contributed by atoms with E-state index in [1.807, 2.05) is 25.1 Å². The summed E-state index contributed by atoms with van der Waals surface area (Å²) in [5.41, 5.74) is 2.22. The third kappa shape index (κ3) is 4.67. The predicted molar refractivity (Wildman–Crippen MR) is 108 cm³/mol. The van der Waals surface area contributed by atoms with E-state index < -0.39 is 18.2 Å². The van der Waals surface area contributed by atoms with Gasteiger partial charge in [-0.1, -0.05) is 6.92 Å². The van der Waals surface area contributed by atoms with Crippen molar-refractivity contribution in [3.63, 3.8) is 0 Å². The van der Waals surface area contributed by atoms with Crippen LogP contribution in [0.1, 0.15) is 44.2 Å². The van der Waals surface area contributed by atoms with E-state index in [1.54, 1.807) is 7.11 Å². The highest BCUT2D eigenvalue weighted by Gasteiger charge is 2.37. The number of aliphatic hydroxyl groups is 1. The van der Waals surface area contributed by atoms with E-state index in [0.717, 1.165) is 42.8 Å². The number of hydrogen-bond acceptors (Lipinski definition) is 7. The zero-order chi connectivity index (χ0) is 21.0. The summed E-state index contributed by atoms with van der Waals surface area (Å²) in [5.74, 6) is 1.19. The van der Waals surface area contributed by atoms with E-state index in [4.69, 9.17) is 18.9 Å². The Morgan fingerprint density at radius 3 is 2.72 bits per heavy atom. The number of ether oxygens (including phenoxy) is 4. The second-order valence-electron chi connectivity index (χ2n) is 7.49. The summed E-state index contributed by atoms with van der Waals surface area (Å²) in [5, 5.41) is 9.73. The molecule has 1 aromatic carbocycles. The number of rotatable bonds is 7. The van der Waals surface area contributed by atoms with Gasteiger partial charge in [-0.3, -0.25) is 0 Å². The van der Waals surface area contributed by atoms with Crippen molar-refractivity contribution in [2.75, 3.05) is 33.5 Å². The first-order valence-electron chi connectivity index (χ1n) is 10.2. The van der Waals surface area contributed by atoms with Gasteiger partial charge < -0.3 is 29.0 Å². The Morgan fingerprint density at radius 2 is 2.10 bits per heavy atom. The summed E-state index contributed by atoms with van der Waals surface area (Å²) in [6.45, 7) is 8.19. The molecule has 0 amide bonds. The normalized spacial score (nSPS) is 21.1. The van der Waals surface area contributed by atoms with Crippen LogP contribution in [0, 0.1) is 0 Å². The summed E-state index contributed by atoms with van der Waals surface area (Å²) in [7, 11) is 1.57. The van der Waals surface area contributed by atoms with Gasteiger partial charge in [0.1, 0.15) is 11.9 Å². The molecule has 3 atom stereocenters. The predicted octanol–water partition coefficient (Wildman–Crippen LogP) is 2.61. The molecule has 0 spiro atoms. The number of methoxy groups -OCH3 is 1. The quantitative estimate of drug-likeness (QED) is 0.552. The van der Waals surface area contributed by atoms with E-state index in [0.29, 0.717) is 18.1 Å². The van der Waals surface area contributed by atoms with E-state index in [2.05, 4.69) is 11.8 Å². The van der Waals surface area contributed by atoms with Crippen LogP contribution in [0.3, 0.4) is 0 Å². The van der Waals surface area contributed by atoms with E-state index in [1.165, 1.54) is 6.92 Å². The number of fused-ring (bicyclic) bond motifs is 2. The second kappa shape index (κ2) is 9.50. The summed E-state index contributed by atoms with van der Waals surface area (Å²) in [6.07, 6.45) is 1.86. The smallest absolute Gasteiger partial charge is 0.335 e. The number of esters is 1. The average Bonchev–Trinajstić information content (AvgIpc) is 3.09. The van der Waals surface area contributed by atoms with Crippen LogP contribution in [0.2, 0.25) is 0 Å². The fourth-order valence-electron chi connectivity index (χ4n) is 4.05. The molecule has 29 heavy (non-hydrogen) atoms. The Morgan fingerprint density at radius 1 is 1.38 bits per heavy atom. The molecule has 0 radical (unpaired) electrons. The third-order valence-electron chi connectivity index (χ3n) is 5.48. The van der Waals surface area contributed by atoms with E-state index in [-0.39, 0.29) is 12.7 Å². The molecular formula is C22H31NO6. The molecule has 2 heterocycles. The van der Waals surface area contributed by atoms with Gasteiger partial charge in [-0.15, -0.1) is 0 Å². The molecule has 0 fully saturated rings. The van der Waals surface area contributed by atoms with Crippen LogP contribution in [-0.2, 0) is 20.7 Å². The van der Waals surface area contributed by atoms with Crippen LogP contribution in [0.25, 0.3) is 0 Å². The van der Waals surface area contributed by atoms with Gasteiger partial charge in [0, 0.05) is 19.0 Å². The minimum atomic E-state index is -1.21. The summed E-state index contributed by atoms with van der Waals surface area (Å²) in [4.78, 5) is 14.7. The minimum Gasteiger partial charge on any atom is -0.497 e. The lowest BCUT2D eigenvalue weighted by atomic mass is 9.87. The van der Waals surface area contributed by atoms with Gasteiger partial charge in [0.05, 0.1) is 7.11 Å². The maximum atomic E-state index is 12.3. The van der Waals surface area contributed by atoms with Crippen molar-refractivity contribution in [1.82, 2.24) is 4.90 Å². The highest BCUT2D eigenvalue weighted by atomic mass is 16.7. The van der Waals surface area contributed by atoms with Crippen molar-refractivity contribution in [2.45, 2.75) is 51.7 Å². The first-order valence-corrected chi connectivity index (χ1v) is 10.2. The highest BCUT2D eigenvalue weighted by molar-refractivity contribution is 5.74. The zero-order valence-electron chi connectivity index (χ0n) is 17.6. The maximum absolute atomic E-state index is 12.3. The molecule has 1 aromatic rings. The molecule has 160 valence electrons. The lowest BCUT2D eigenvalue weighted by molar-refractivity contribution is -0.159. The van der Waals surface area contributed by atoms with E-state index in [9.17, 15) is 9.90 Å². The van der Waals surface area contributed by atoms with Crippen molar-refractivity contribution < 1.29 is 28.8 Å². The number of nitrogens with zero attached hydrogens (tertiary/aromatic N) is 1. The molecule has 0 aliphatic carbocycles. The molecule has 0 saturated heterocycles. The summed E-state index contributed by atoms with van der Waals surface area (Å²) >= 11 is 0. The topological polar surface area (TPSA) is 77.5 Å². The van der Waals surface area contributed by atoms with Crippen molar-refractivity contribution >= 4 is 5.97 Å². The average molecular weight is 405 g/mol. The van der Waals surface area contributed by atoms with Crippen molar-refractivity contribution in [3.05, 3.63) is 35.1 Å². The first kappa shape index (κ1) is 21.5. The molecule has 7 nitrogen and oxygen atoms in total. The number of allylic oxidation sites excluding steroid dienone is 1. The lowest BCUT2D eigenvalue weighted by Crippen LogP contribution is -2.38. The van der Waals surface area contributed by atoms with Crippen molar-refractivity contribution in [2.24, 2.45) is 0 Å². The Kier molecular flexibility index (Phi) is 7.03. The number of hydrogen-bond donors (Lipinski definition) is 1. The lowest BCUT2D eigenvalue weighted by Gasteiger charge is -2.32. The summed E-state index contributed by atoms with van der Waals surface area (Å²) < 4.78 is 22.5. The fraction of sp³-hybridized carbons (Fsp3) is 0.591. The molecule has 0 bridgehead atoms. The Labute approximate surface area is 172 Å². The number of aliphatic hydroxyl groups excluding tert-OH is 1. The molecule has 7 heteroatoms. The van der Waals surface area contributed by atoms with Gasteiger partial charge in [0.25, 0.3) is 0 Å². The van der Waals surface area contributed by atoms with Crippen LogP contribution < -0.4 is 9.47 Å². The Balaban J connectivity index is 2.06. The fourth-order valence-corrected chi connectivity index (χ4v) is 4.05. The first-order chi connectivity index (χ1) is 14.0. The van der Waals surface area contributed by atoms with Gasteiger partial charge in [-0.05, 0) is 62.6 Å². The van der Waals surface area contributed by atoms with Crippen LogP contribution >= 0.6 is 0 Å². The number of benzene rings is 1. The maximum Gasteiger partial charge on any atom is 0.335 e. The Hall–Kier alpha value is -2.25. The standard InChI is InChI=1S/C22H31NO6/c1-5-8-23-9-7-15-10-19-20(28-13-27-19)11-16(15)17(12-23)21(18(6-2)26-4)29-22(25)14(3)24/h6,10-11,14,17,21,24H,5,7-9,12-13H2,1-4H3/b18-6+/t14?,17?,21-/m0/s1. The largest absolute Gasteiger partial charge is 0.497 e. The van der Waals surface area contributed by atoms with Gasteiger partial charge in [0.15, 0.2) is 17.6 Å². The molecule has 2 unspecified atom stereocenters. The minimum absolute atomic E-state index is 0.164. The van der Waals surface area contributed by atoms with Crippen LogP contribution in [0.4, 0.5) is 0 Å². The van der Waals surface area contributed by atoms with Gasteiger partial charge in [-0.2, -0.15) is 0 Å². The molecule has 2 aliphatic heterocycles. The second-order valence-corrected chi connectivity index (χ2v) is 7.49. The van der Waals surface area contributed by atoms with E-state index >= 15 is 0 Å². The SMILES string of the molecule is C/C=C(/OC)[C@@H](OC(=O)C(C)O)C1CN(CCC)CCc2cc3c(cc21)OCO3. The van der Waals surface area contributed by atoms with Crippen molar-refractivity contribution in [3.8, 4) is 11.5 Å². The van der Waals surface area contributed by atoms with Crippen LogP contribution in [0.15, 0.2) is 24.0 Å². The van der Waals surface area contributed by atoms with Crippen LogP contribution in [-0.4, -0.2) is 61.7 Å². The van der Waals surface area contributed by atoms with Crippen molar-refractivity contribution in [1.29, 1.82) is 0 Å². The molecule has 0 saturated carbocycles. The van der Waals surface area contributed by atoms with Gasteiger partial charge >= 0.3 is 5.97 Å². The van der Waals surface area contributed by atoms with Gasteiger partial charge in [-0.25, -0.2) is 4.79 Å². The molecule has 0 aromatic heterocycles. The third-order valence-corrected chi connectivity index (χ3v) is 5.48. The molecule has 1 N–H and O–H groups in total. The molecular weight excluding hydrogens is 374 g/mol. The number of carbonyl (C=O) groups excluding carboxylic acids is 1. The molecule has 2 aliphatic rings. The number of carbonyl (C=O) groups is 1. The monoisotopic (exact) mass is 405 g/mol. The van der Waals surface area contributed by atoms with Crippen LogP contribution in [0.5, 0.6) is 11.5 Å². The summed E-state index contributed by atoms with van der Waals surface area (Å²) in [6, 6.07) is 4.04. The molecule has 3 rings (SSSR count). The zero-order valence-corrected chi connectivity index (χ0v) is 17.6. The highest BCUT2D eigenvalue weighted by Crippen LogP contribution is 2.41. The van der Waals surface area contributed by atoms with Gasteiger partial charge in [0.2, 0.25) is 6.79 Å². The Bertz CT molecular complexity index is 760.